The Morgan fingerprint density at radius 3 is 2.56 bits per heavy atom. The molecule has 0 spiro atoms. The molecule has 0 amide bonds. The van der Waals surface area contributed by atoms with Crippen molar-refractivity contribution in [2.75, 3.05) is 0 Å². The summed E-state index contributed by atoms with van der Waals surface area (Å²) < 4.78 is 19.7. The van der Waals surface area contributed by atoms with E-state index in [0.29, 0.717) is 8.95 Å². The zero-order valence-corrected chi connectivity index (χ0v) is 11.1. The van der Waals surface area contributed by atoms with Gasteiger partial charge >= 0.3 is 0 Å². The maximum Gasteiger partial charge on any atom is 0.151 e. The highest BCUT2D eigenvalue weighted by Crippen LogP contribution is 2.32. The largest absolute Gasteiger partial charge is 0.465 e. The van der Waals surface area contributed by atoms with Gasteiger partial charge in [0, 0.05) is 5.56 Å². The highest BCUT2D eigenvalue weighted by atomic mass is 79.9. The summed E-state index contributed by atoms with van der Waals surface area (Å²) in [4.78, 5) is 0. The van der Waals surface area contributed by atoms with Crippen molar-refractivity contribution in [3.63, 3.8) is 0 Å². The van der Waals surface area contributed by atoms with E-state index in [1.807, 2.05) is 0 Å². The number of hydrogen-bond donors (Lipinski definition) is 1. The second-order valence-corrected chi connectivity index (χ2v) is 4.89. The van der Waals surface area contributed by atoms with Gasteiger partial charge in [0.25, 0.3) is 0 Å². The number of hydrogen-bond acceptors (Lipinski definition) is 2. The Morgan fingerprint density at radius 1 is 1.19 bits per heavy atom. The summed E-state index contributed by atoms with van der Waals surface area (Å²) in [5.41, 5.74) is 0.171. The lowest BCUT2D eigenvalue weighted by Gasteiger charge is -2.10. The second kappa shape index (κ2) is 4.69. The molecule has 1 aromatic carbocycles. The van der Waals surface area contributed by atoms with Gasteiger partial charge in [-0.1, -0.05) is 12.1 Å². The average Bonchev–Trinajstić information content (AvgIpc) is 2.68. The van der Waals surface area contributed by atoms with E-state index >= 15 is 0 Å². The van der Waals surface area contributed by atoms with Crippen molar-refractivity contribution in [1.29, 1.82) is 0 Å². The zero-order chi connectivity index (χ0) is 11.7. The summed E-state index contributed by atoms with van der Waals surface area (Å²) in [6.45, 7) is 0. The summed E-state index contributed by atoms with van der Waals surface area (Å²) in [5.74, 6) is -0.199. The van der Waals surface area contributed by atoms with Crippen LogP contribution in [0.5, 0.6) is 0 Å². The molecule has 16 heavy (non-hydrogen) atoms. The first-order chi connectivity index (χ1) is 7.61. The van der Waals surface area contributed by atoms with Crippen molar-refractivity contribution in [2.45, 2.75) is 6.10 Å². The predicted octanol–water partition coefficient (Wildman–Crippen LogP) is 4.03. The van der Waals surface area contributed by atoms with Crippen molar-refractivity contribution < 1.29 is 13.9 Å². The van der Waals surface area contributed by atoms with E-state index in [0.717, 1.165) is 0 Å². The van der Waals surface area contributed by atoms with Gasteiger partial charge in [-0.25, -0.2) is 4.39 Å². The lowest BCUT2D eigenvalue weighted by Crippen LogP contribution is -2.02. The maximum absolute atomic E-state index is 13.7. The molecular weight excluding hydrogens is 343 g/mol. The molecule has 1 aromatic heterocycles. The fraction of sp³-hybridized carbons (Fsp3) is 0.0909. The minimum Gasteiger partial charge on any atom is -0.465 e. The quantitative estimate of drug-likeness (QED) is 0.888. The number of rotatable bonds is 2. The first-order valence-electron chi connectivity index (χ1n) is 4.46. The smallest absolute Gasteiger partial charge is 0.151 e. The molecule has 2 aromatic rings. The van der Waals surface area contributed by atoms with Crippen LogP contribution < -0.4 is 0 Å². The SMILES string of the molecule is OC(c1cccc(Br)c1F)c1occc1Br. The van der Waals surface area contributed by atoms with Crippen molar-refractivity contribution in [3.05, 3.63) is 56.6 Å². The molecule has 0 saturated carbocycles. The van der Waals surface area contributed by atoms with Crippen LogP contribution in [0.4, 0.5) is 4.39 Å². The maximum atomic E-state index is 13.7. The lowest BCUT2D eigenvalue weighted by atomic mass is 10.1. The van der Waals surface area contributed by atoms with E-state index in [2.05, 4.69) is 31.9 Å². The molecular formula is C11H7Br2FO2. The number of benzene rings is 1. The third-order valence-corrected chi connectivity index (χ3v) is 3.44. The Kier molecular flexibility index (Phi) is 3.47. The van der Waals surface area contributed by atoms with E-state index in [1.165, 1.54) is 12.3 Å². The van der Waals surface area contributed by atoms with Crippen LogP contribution in [0.25, 0.3) is 0 Å². The summed E-state index contributed by atoms with van der Waals surface area (Å²) in [7, 11) is 0. The minimum absolute atomic E-state index is 0.171. The van der Waals surface area contributed by atoms with Gasteiger partial charge in [0.1, 0.15) is 11.9 Å². The van der Waals surface area contributed by atoms with Crippen LogP contribution in [0.1, 0.15) is 17.4 Å². The molecule has 2 nitrogen and oxygen atoms in total. The first kappa shape index (κ1) is 11.8. The molecule has 0 saturated heterocycles. The van der Waals surface area contributed by atoms with Gasteiger partial charge in [-0.05, 0) is 44.0 Å². The minimum atomic E-state index is -1.12. The molecule has 1 atom stereocenters. The van der Waals surface area contributed by atoms with Crippen LogP contribution in [0.15, 0.2) is 43.9 Å². The Bertz CT molecular complexity index is 510. The molecule has 2 rings (SSSR count). The molecule has 84 valence electrons. The fourth-order valence-corrected chi connectivity index (χ4v) is 2.17. The molecule has 1 N–H and O–H groups in total. The van der Waals surface area contributed by atoms with E-state index in [-0.39, 0.29) is 11.3 Å². The van der Waals surface area contributed by atoms with Crippen molar-refractivity contribution >= 4 is 31.9 Å². The van der Waals surface area contributed by atoms with Gasteiger partial charge in [-0.2, -0.15) is 0 Å². The molecule has 0 aliphatic heterocycles. The number of halogens is 3. The van der Waals surface area contributed by atoms with Crippen LogP contribution in [0.2, 0.25) is 0 Å². The van der Waals surface area contributed by atoms with Crippen molar-refractivity contribution in [1.82, 2.24) is 0 Å². The molecule has 5 heteroatoms. The van der Waals surface area contributed by atoms with Gasteiger partial charge in [-0.3, -0.25) is 0 Å². The van der Waals surface area contributed by atoms with E-state index in [9.17, 15) is 9.50 Å². The predicted molar refractivity (Wildman–Crippen MR) is 64.6 cm³/mol. The Labute approximate surface area is 108 Å². The monoisotopic (exact) mass is 348 g/mol. The average molecular weight is 350 g/mol. The summed E-state index contributed by atoms with van der Waals surface area (Å²) >= 11 is 6.29. The molecule has 0 aliphatic carbocycles. The first-order valence-corrected chi connectivity index (χ1v) is 6.04. The third kappa shape index (κ3) is 2.07. The van der Waals surface area contributed by atoms with Gasteiger partial charge < -0.3 is 9.52 Å². The summed E-state index contributed by atoms with van der Waals surface area (Å²) in [5, 5.41) is 9.98. The molecule has 0 fully saturated rings. The van der Waals surface area contributed by atoms with Crippen LogP contribution in [-0.4, -0.2) is 5.11 Å². The normalized spacial score (nSPS) is 12.8. The van der Waals surface area contributed by atoms with Crippen LogP contribution >= 0.6 is 31.9 Å². The molecule has 0 radical (unpaired) electrons. The topological polar surface area (TPSA) is 33.4 Å². The Balaban J connectivity index is 2.46. The lowest BCUT2D eigenvalue weighted by molar-refractivity contribution is 0.183. The number of aliphatic hydroxyl groups is 1. The van der Waals surface area contributed by atoms with Gasteiger partial charge in [0.05, 0.1) is 15.2 Å². The van der Waals surface area contributed by atoms with E-state index in [1.54, 1.807) is 18.2 Å². The number of furan rings is 1. The van der Waals surface area contributed by atoms with Gasteiger partial charge in [-0.15, -0.1) is 0 Å². The van der Waals surface area contributed by atoms with E-state index in [4.69, 9.17) is 4.42 Å². The fourth-order valence-electron chi connectivity index (χ4n) is 1.37. The summed E-state index contributed by atoms with van der Waals surface area (Å²) in [6.07, 6.45) is 0.306. The molecule has 1 unspecified atom stereocenters. The van der Waals surface area contributed by atoms with Crippen molar-refractivity contribution in [2.24, 2.45) is 0 Å². The van der Waals surface area contributed by atoms with Gasteiger partial charge in [0.2, 0.25) is 0 Å². The van der Waals surface area contributed by atoms with E-state index < -0.39 is 11.9 Å². The standard InChI is InChI=1S/C11H7Br2FO2/c12-7-3-1-2-6(9(7)14)10(15)11-8(13)4-5-16-11/h1-5,10,15H. The summed E-state index contributed by atoms with van der Waals surface area (Å²) in [6, 6.07) is 6.39. The van der Waals surface area contributed by atoms with Crippen LogP contribution in [-0.2, 0) is 0 Å². The molecule has 1 heterocycles. The number of aliphatic hydroxyl groups excluding tert-OH is 1. The Morgan fingerprint density at radius 2 is 1.94 bits per heavy atom. The molecule has 0 bridgehead atoms. The highest BCUT2D eigenvalue weighted by molar-refractivity contribution is 9.10. The van der Waals surface area contributed by atoms with Crippen LogP contribution in [0, 0.1) is 5.82 Å². The Hall–Kier alpha value is -0.650. The van der Waals surface area contributed by atoms with Crippen LogP contribution in [0.3, 0.4) is 0 Å². The highest BCUT2D eigenvalue weighted by Gasteiger charge is 2.21. The molecule has 0 aliphatic rings. The second-order valence-electron chi connectivity index (χ2n) is 3.18. The van der Waals surface area contributed by atoms with Crippen molar-refractivity contribution in [3.8, 4) is 0 Å². The van der Waals surface area contributed by atoms with Gasteiger partial charge in [0.15, 0.2) is 5.76 Å². The third-order valence-electron chi connectivity index (χ3n) is 2.17. The zero-order valence-electron chi connectivity index (χ0n) is 7.95.